The molecule has 1 atom stereocenters. The Labute approximate surface area is 177 Å². The van der Waals surface area contributed by atoms with E-state index in [9.17, 15) is 9.18 Å². The minimum Gasteiger partial charge on any atom is -0.356 e. The summed E-state index contributed by atoms with van der Waals surface area (Å²) in [6, 6.07) is 8.07. The van der Waals surface area contributed by atoms with Gasteiger partial charge in [-0.15, -0.1) is 0 Å². The van der Waals surface area contributed by atoms with Crippen LogP contribution in [0.4, 0.5) is 10.2 Å². The van der Waals surface area contributed by atoms with E-state index in [1.165, 1.54) is 43.4 Å². The van der Waals surface area contributed by atoms with Gasteiger partial charge in [-0.05, 0) is 75.3 Å². The van der Waals surface area contributed by atoms with Crippen LogP contribution in [-0.2, 0) is 4.79 Å². The van der Waals surface area contributed by atoms with E-state index >= 15 is 0 Å². The number of carbonyl (C=O) groups is 1. The monoisotopic (exact) mass is 408 g/mol. The third-order valence-corrected chi connectivity index (χ3v) is 5.99. The van der Waals surface area contributed by atoms with Crippen molar-refractivity contribution in [2.75, 3.05) is 24.5 Å². The molecule has 0 saturated carbocycles. The molecule has 0 radical (unpaired) electrons. The molecule has 1 fully saturated rings. The molecule has 1 N–H and O–H groups in total. The predicted octanol–water partition coefficient (Wildman–Crippen LogP) is 4.51. The number of nitrogens with zero attached hydrogens (tertiary/aromatic N) is 3. The topological polar surface area (TPSA) is 58.1 Å². The van der Waals surface area contributed by atoms with Crippen LogP contribution in [0.5, 0.6) is 0 Å². The van der Waals surface area contributed by atoms with Crippen LogP contribution in [0.2, 0.25) is 0 Å². The molecule has 1 unspecified atom stereocenters. The van der Waals surface area contributed by atoms with Gasteiger partial charge in [-0.25, -0.2) is 14.4 Å². The highest BCUT2D eigenvalue weighted by Gasteiger charge is 2.26. The summed E-state index contributed by atoms with van der Waals surface area (Å²) in [4.78, 5) is 23.9. The Morgan fingerprint density at radius 2 is 2.03 bits per heavy atom. The lowest BCUT2D eigenvalue weighted by Gasteiger charge is -2.33. The Balaban J connectivity index is 1.35. The van der Waals surface area contributed by atoms with Gasteiger partial charge in [-0.3, -0.25) is 4.79 Å². The van der Waals surface area contributed by atoms with Crippen LogP contribution >= 0.6 is 0 Å². The third-order valence-electron chi connectivity index (χ3n) is 5.99. The van der Waals surface area contributed by atoms with Gasteiger partial charge in [0.15, 0.2) is 5.82 Å². The van der Waals surface area contributed by atoms with E-state index in [0.717, 1.165) is 43.7 Å². The van der Waals surface area contributed by atoms with E-state index in [1.54, 1.807) is 18.3 Å². The van der Waals surface area contributed by atoms with Gasteiger partial charge in [0.25, 0.3) is 0 Å². The first-order valence-electron chi connectivity index (χ1n) is 11.0. The molecule has 0 bridgehead atoms. The number of hydrogen-bond donors (Lipinski definition) is 1. The third kappa shape index (κ3) is 5.23. The minimum atomic E-state index is -0.278. The van der Waals surface area contributed by atoms with E-state index in [4.69, 9.17) is 0 Å². The fraction of sp³-hybridized carbons (Fsp3) is 0.458. The van der Waals surface area contributed by atoms with Crippen molar-refractivity contribution in [2.45, 2.75) is 44.9 Å². The Morgan fingerprint density at radius 1 is 1.17 bits per heavy atom. The van der Waals surface area contributed by atoms with Crippen LogP contribution in [0.25, 0.3) is 11.4 Å². The molecule has 1 aromatic heterocycles. The molecular weight excluding hydrogens is 379 g/mol. The molecule has 6 heteroatoms. The number of rotatable bonds is 6. The fourth-order valence-corrected chi connectivity index (χ4v) is 4.28. The molecular formula is C24H29FN4O. The molecule has 5 nitrogen and oxygen atoms in total. The number of nitrogens with one attached hydrogen (secondary N) is 1. The zero-order valence-electron chi connectivity index (χ0n) is 17.3. The van der Waals surface area contributed by atoms with E-state index in [1.807, 2.05) is 6.07 Å². The second-order valence-electron chi connectivity index (χ2n) is 8.18. The summed E-state index contributed by atoms with van der Waals surface area (Å²) >= 11 is 0. The van der Waals surface area contributed by atoms with Crippen molar-refractivity contribution in [1.29, 1.82) is 0 Å². The summed E-state index contributed by atoms with van der Waals surface area (Å²) in [5.41, 5.74) is 2.27. The summed E-state index contributed by atoms with van der Waals surface area (Å²) in [5, 5.41) is 3.14. The van der Waals surface area contributed by atoms with Crippen LogP contribution in [0.3, 0.4) is 0 Å². The molecule has 2 aromatic rings. The molecule has 30 heavy (non-hydrogen) atoms. The first kappa shape index (κ1) is 20.5. The smallest absolute Gasteiger partial charge is 0.224 e. The molecule has 2 aliphatic rings. The molecule has 1 aliphatic carbocycles. The summed E-state index contributed by atoms with van der Waals surface area (Å²) in [5.74, 6) is 1.22. The van der Waals surface area contributed by atoms with Crippen molar-refractivity contribution in [3.63, 3.8) is 0 Å². The summed E-state index contributed by atoms with van der Waals surface area (Å²) in [6.07, 6.45) is 11.8. The number of hydrogen-bond acceptors (Lipinski definition) is 4. The van der Waals surface area contributed by atoms with E-state index in [-0.39, 0.29) is 17.6 Å². The highest BCUT2D eigenvalue weighted by atomic mass is 19.1. The van der Waals surface area contributed by atoms with E-state index in [2.05, 4.69) is 26.3 Å². The number of halogens is 1. The maximum Gasteiger partial charge on any atom is 0.224 e. The number of amides is 1. The SMILES string of the molecule is O=C(NCCC1=CCCCC1)C1CCCN(c2ccnc(-c3ccc(F)cc3)n2)C1. The van der Waals surface area contributed by atoms with Crippen molar-refractivity contribution in [3.8, 4) is 11.4 Å². The second kappa shape index (κ2) is 9.83. The highest BCUT2D eigenvalue weighted by Crippen LogP contribution is 2.24. The Morgan fingerprint density at radius 3 is 2.83 bits per heavy atom. The van der Waals surface area contributed by atoms with Crippen LogP contribution in [0.15, 0.2) is 48.2 Å². The molecule has 1 aromatic carbocycles. The number of aromatic nitrogens is 2. The predicted molar refractivity (Wildman–Crippen MR) is 117 cm³/mol. The molecule has 158 valence electrons. The quantitative estimate of drug-likeness (QED) is 0.715. The van der Waals surface area contributed by atoms with Gasteiger partial charge in [-0.1, -0.05) is 11.6 Å². The number of carbonyl (C=O) groups excluding carboxylic acids is 1. The number of benzene rings is 1. The zero-order valence-corrected chi connectivity index (χ0v) is 17.3. The van der Waals surface area contributed by atoms with Crippen molar-refractivity contribution < 1.29 is 9.18 Å². The van der Waals surface area contributed by atoms with Gasteiger partial charge < -0.3 is 10.2 Å². The van der Waals surface area contributed by atoms with E-state index < -0.39 is 0 Å². The van der Waals surface area contributed by atoms with Crippen molar-refractivity contribution >= 4 is 11.7 Å². The van der Waals surface area contributed by atoms with Gasteiger partial charge >= 0.3 is 0 Å². The van der Waals surface area contributed by atoms with Gasteiger partial charge in [0, 0.05) is 31.4 Å². The average molecular weight is 409 g/mol. The van der Waals surface area contributed by atoms with Gasteiger partial charge in [0.1, 0.15) is 11.6 Å². The molecule has 4 rings (SSSR count). The molecule has 1 saturated heterocycles. The Bertz CT molecular complexity index is 896. The number of allylic oxidation sites excluding steroid dienone is 1. The first-order chi connectivity index (χ1) is 14.7. The molecule has 2 heterocycles. The lowest BCUT2D eigenvalue weighted by Crippen LogP contribution is -2.43. The van der Waals surface area contributed by atoms with Gasteiger partial charge in [0.05, 0.1) is 5.92 Å². The number of piperidine rings is 1. The lowest BCUT2D eigenvalue weighted by atomic mass is 9.96. The second-order valence-corrected chi connectivity index (χ2v) is 8.18. The van der Waals surface area contributed by atoms with Crippen LogP contribution in [-0.4, -0.2) is 35.5 Å². The Hall–Kier alpha value is -2.76. The standard InChI is InChI=1S/C24H29FN4O/c25-21-10-8-19(9-11-21)23-26-15-13-22(28-23)29-16-4-7-20(17-29)24(30)27-14-12-18-5-2-1-3-6-18/h5,8-11,13,15,20H,1-4,6-7,12,14,16-17H2,(H,27,30). The maximum atomic E-state index is 13.2. The van der Waals surface area contributed by atoms with Crippen molar-refractivity contribution in [3.05, 3.63) is 54.0 Å². The first-order valence-corrected chi connectivity index (χ1v) is 11.0. The van der Waals surface area contributed by atoms with Gasteiger partial charge in [0.2, 0.25) is 5.91 Å². The molecule has 1 aliphatic heterocycles. The van der Waals surface area contributed by atoms with E-state index in [0.29, 0.717) is 12.4 Å². The Kier molecular flexibility index (Phi) is 6.72. The normalized spacial score (nSPS) is 19.3. The summed E-state index contributed by atoms with van der Waals surface area (Å²) in [7, 11) is 0. The highest BCUT2D eigenvalue weighted by molar-refractivity contribution is 5.79. The summed E-state index contributed by atoms with van der Waals surface area (Å²) < 4.78 is 13.2. The van der Waals surface area contributed by atoms with Crippen LogP contribution < -0.4 is 10.2 Å². The largest absolute Gasteiger partial charge is 0.356 e. The van der Waals surface area contributed by atoms with Crippen LogP contribution in [0.1, 0.15) is 44.9 Å². The zero-order chi connectivity index (χ0) is 20.8. The fourth-order valence-electron chi connectivity index (χ4n) is 4.28. The molecule has 1 amide bonds. The average Bonchev–Trinajstić information content (AvgIpc) is 2.80. The molecule has 0 spiro atoms. The summed E-state index contributed by atoms with van der Waals surface area (Å²) in [6.45, 7) is 2.26. The van der Waals surface area contributed by atoms with Crippen molar-refractivity contribution in [1.82, 2.24) is 15.3 Å². The van der Waals surface area contributed by atoms with Crippen LogP contribution in [0, 0.1) is 11.7 Å². The maximum absolute atomic E-state index is 13.2. The van der Waals surface area contributed by atoms with Crippen molar-refractivity contribution in [2.24, 2.45) is 5.92 Å². The van der Waals surface area contributed by atoms with Gasteiger partial charge in [-0.2, -0.15) is 0 Å². The number of anilines is 1. The minimum absolute atomic E-state index is 0.0247. The lowest BCUT2D eigenvalue weighted by molar-refractivity contribution is -0.125.